The van der Waals surface area contributed by atoms with Gasteiger partial charge in [0.1, 0.15) is 0 Å². The topological polar surface area (TPSA) is 77.3 Å². The molecule has 1 fully saturated rings. The van der Waals surface area contributed by atoms with Crippen LogP contribution in [-0.2, 0) is 9.31 Å². The average molecular weight is 538 g/mol. The zero-order valence-corrected chi connectivity index (χ0v) is 18.3. The molecular weight excluding hydrogens is 517 g/mol. The molecule has 2 heterocycles. The summed E-state index contributed by atoms with van der Waals surface area (Å²) in [5.41, 5.74) is 6.47. The molecule has 0 bridgehead atoms. The van der Waals surface area contributed by atoms with E-state index in [0.29, 0.717) is 11.1 Å². The van der Waals surface area contributed by atoms with Gasteiger partial charge in [-0.25, -0.2) is 0 Å². The van der Waals surface area contributed by atoms with E-state index >= 15 is 0 Å². The van der Waals surface area contributed by atoms with Crippen molar-refractivity contribution in [3.8, 4) is 0 Å². The summed E-state index contributed by atoms with van der Waals surface area (Å²) < 4.78 is 12.0. The van der Waals surface area contributed by atoms with Crippen LogP contribution in [0.3, 0.4) is 0 Å². The van der Waals surface area contributed by atoms with E-state index in [2.05, 4.69) is 11.1 Å². The summed E-state index contributed by atoms with van der Waals surface area (Å²) in [5.74, 6) is -0.491. The number of nitrogens with two attached hydrogens (primary N) is 1. The van der Waals surface area contributed by atoms with Crippen molar-refractivity contribution in [3.05, 3.63) is 37.4 Å². The van der Waals surface area contributed by atoms with Gasteiger partial charge in [0.05, 0.1) is 11.2 Å². The third-order valence-corrected chi connectivity index (χ3v) is 4.40. The SMILES string of the molecule is CC1(C)OB(c2cc(C(N)=O)c3[nH]c[c-]c3c2)OC1(C)C.[CH3-].[U+2]. The van der Waals surface area contributed by atoms with Crippen LogP contribution in [0.25, 0.3) is 10.9 Å². The Labute approximate surface area is 161 Å². The van der Waals surface area contributed by atoms with Crippen molar-refractivity contribution in [1.82, 2.24) is 4.98 Å². The standard InChI is InChI=1S/C15H18BN2O3.CH3.U/c1-14(2)15(3,4)21-16(20-14)10-7-9-5-6-18-12(9)11(8-10)13(17)19;;/h6-8,18H,1-4H3,(H2,17,19);1H3;/q2*-1;+2. The van der Waals surface area contributed by atoms with Gasteiger partial charge in [-0.3, -0.25) is 4.79 Å². The third kappa shape index (κ3) is 3.39. The fourth-order valence-corrected chi connectivity index (χ4v) is 2.43. The number of aromatic amines is 1. The summed E-state index contributed by atoms with van der Waals surface area (Å²) in [6, 6.07) is 6.67. The van der Waals surface area contributed by atoms with E-state index in [9.17, 15) is 4.79 Å². The fourth-order valence-electron chi connectivity index (χ4n) is 2.43. The first kappa shape index (κ1) is 20.3. The fraction of sp³-hybridized carbons (Fsp3) is 0.375. The van der Waals surface area contributed by atoms with Crippen molar-refractivity contribution >= 4 is 29.4 Å². The molecule has 3 rings (SSSR count). The van der Waals surface area contributed by atoms with Crippen LogP contribution in [0, 0.1) is 44.6 Å². The molecule has 120 valence electrons. The first-order valence-electron chi connectivity index (χ1n) is 6.89. The predicted octanol–water partition coefficient (Wildman–Crippen LogP) is 1.82. The van der Waals surface area contributed by atoms with E-state index in [4.69, 9.17) is 15.0 Å². The molecule has 0 radical (unpaired) electrons. The van der Waals surface area contributed by atoms with Gasteiger partial charge in [-0.05, 0) is 27.7 Å². The van der Waals surface area contributed by atoms with Gasteiger partial charge in [0.25, 0.3) is 0 Å². The van der Waals surface area contributed by atoms with E-state index < -0.39 is 24.2 Å². The number of hydrogen-bond acceptors (Lipinski definition) is 3. The minimum atomic E-state index is -0.527. The van der Waals surface area contributed by atoms with Crippen LogP contribution in [0.2, 0.25) is 0 Å². The first-order chi connectivity index (χ1) is 9.71. The molecule has 1 aromatic heterocycles. The van der Waals surface area contributed by atoms with Gasteiger partial charge in [-0.15, -0.1) is 0 Å². The summed E-state index contributed by atoms with van der Waals surface area (Å²) in [6.45, 7) is 7.96. The molecule has 23 heavy (non-hydrogen) atoms. The maximum atomic E-state index is 11.6. The van der Waals surface area contributed by atoms with Crippen LogP contribution in [0.1, 0.15) is 38.1 Å². The number of primary amides is 1. The van der Waals surface area contributed by atoms with Crippen LogP contribution in [-0.4, -0.2) is 29.2 Å². The Hall–Kier alpha value is -0.733. The molecular formula is C16H21BN2O3U. The van der Waals surface area contributed by atoms with E-state index in [0.717, 1.165) is 10.8 Å². The Balaban J connectivity index is 0.00000132. The smallest absolute Gasteiger partial charge is 0.423 e. The van der Waals surface area contributed by atoms with Crippen LogP contribution in [0.15, 0.2) is 18.3 Å². The molecule has 1 aromatic carbocycles. The maximum absolute atomic E-state index is 11.6. The zero-order valence-electron chi connectivity index (χ0n) is 14.1. The molecule has 1 amide bonds. The van der Waals surface area contributed by atoms with Gasteiger partial charge in [-0.2, -0.15) is 17.5 Å². The Morgan fingerprint density at radius 2 is 1.78 bits per heavy atom. The Bertz CT molecular complexity index is 711. The second-order valence-electron chi connectivity index (χ2n) is 6.38. The van der Waals surface area contributed by atoms with Gasteiger partial charge in [0.15, 0.2) is 0 Å². The molecule has 1 saturated heterocycles. The summed E-state index contributed by atoms with van der Waals surface area (Å²) in [5, 5.41) is 0.788. The summed E-state index contributed by atoms with van der Waals surface area (Å²) in [6.07, 6.45) is 1.66. The molecule has 5 nitrogen and oxygen atoms in total. The van der Waals surface area contributed by atoms with Gasteiger partial charge in [0, 0.05) is 5.56 Å². The quantitative estimate of drug-likeness (QED) is 0.453. The molecule has 1 aliphatic heterocycles. The van der Waals surface area contributed by atoms with E-state index in [1.807, 2.05) is 33.8 Å². The number of aromatic nitrogens is 1. The van der Waals surface area contributed by atoms with Crippen molar-refractivity contribution in [2.75, 3.05) is 0 Å². The number of nitrogens with one attached hydrogen (secondary N) is 1. The van der Waals surface area contributed by atoms with Gasteiger partial charge < -0.3 is 27.5 Å². The number of fused-ring (bicyclic) bond motifs is 1. The van der Waals surface area contributed by atoms with E-state index in [1.165, 1.54) is 0 Å². The Kier molecular flexibility index (Phi) is 5.87. The van der Waals surface area contributed by atoms with Crippen LogP contribution < -0.4 is 11.2 Å². The largest absolute Gasteiger partial charge is 2.00 e. The summed E-state index contributed by atoms with van der Waals surface area (Å²) in [7, 11) is -0.527. The minimum Gasteiger partial charge on any atom is -0.423 e. The molecule has 3 N–H and O–H groups in total. The Morgan fingerprint density at radius 3 is 2.30 bits per heavy atom. The van der Waals surface area contributed by atoms with Crippen molar-refractivity contribution in [1.29, 1.82) is 0 Å². The molecule has 0 unspecified atom stereocenters. The van der Waals surface area contributed by atoms with Crippen molar-refractivity contribution < 1.29 is 45.2 Å². The maximum Gasteiger partial charge on any atom is 2.00 e. The van der Waals surface area contributed by atoms with Crippen molar-refractivity contribution in [2.24, 2.45) is 5.73 Å². The zero-order chi connectivity index (χ0) is 15.4. The number of carbonyl (C=O) groups excluding carboxylic acids is 1. The van der Waals surface area contributed by atoms with Crippen LogP contribution in [0.4, 0.5) is 0 Å². The van der Waals surface area contributed by atoms with Crippen molar-refractivity contribution in [3.63, 3.8) is 0 Å². The summed E-state index contributed by atoms with van der Waals surface area (Å²) >= 11 is 0. The number of hydrogen-bond donors (Lipinski definition) is 2. The Morgan fingerprint density at radius 1 is 1.22 bits per heavy atom. The predicted molar refractivity (Wildman–Crippen MR) is 87.8 cm³/mol. The molecule has 0 atom stereocenters. The van der Waals surface area contributed by atoms with Crippen LogP contribution in [0.5, 0.6) is 0 Å². The normalized spacial score (nSPS) is 18.3. The average Bonchev–Trinajstić information content (AvgIpc) is 2.90. The second kappa shape index (κ2) is 6.64. The molecule has 0 aliphatic carbocycles. The number of rotatable bonds is 2. The number of carbonyl (C=O) groups is 1. The number of amides is 1. The van der Waals surface area contributed by atoms with E-state index in [-0.39, 0.29) is 38.5 Å². The molecule has 0 spiro atoms. The van der Waals surface area contributed by atoms with Gasteiger partial charge >= 0.3 is 38.2 Å². The van der Waals surface area contributed by atoms with Gasteiger partial charge in [0.2, 0.25) is 5.91 Å². The molecule has 0 saturated carbocycles. The molecule has 1 aliphatic rings. The van der Waals surface area contributed by atoms with Gasteiger partial charge in [-0.1, -0.05) is 23.2 Å². The monoisotopic (exact) mass is 538 g/mol. The summed E-state index contributed by atoms with van der Waals surface area (Å²) in [4.78, 5) is 14.6. The van der Waals surface area contributed by atoms with Crippen molar-refractivity contribution in [2.45, 2.75) is 38.9 Å². The number of benzene rings is 1. The third-order valence-electron chi connectivity index (χ3n) is 4.40. The van der Waals surface area contributed by atoms with E-state index in [1.54, 1.807) is 12.3 Å². The first-order valence-corrected chi connectivity index (χ1v) is 6.89. The van der Waals surface area contributed by atoms with Crippen LogP contribution >= 0.6 is 0 Å². The molecule has 7 heteroatoms. The second-order valence-corrected chi connectivity index (χ2v) is 6.38. The molecule has 2 aromatic rings. The number of H-pyrrole nitrogens is 1. The minimum absolute atomic E-state index is 0.